The zero-order valence-corrected chi connectivity index (χ0v) is 12.7. The van der Waals surface area contributed by atoms with Gasteiger partial charge in [-0.3, -0.25) is 0 Å². The van der Waals surface area contributed by atoms with E-state index >= 15 is 0 Å². The molecule has 0 amide bonds. The number of ether oxygens (including phenoxy) is 2. The van der Waals surface area contributed by atoms with E-state index in [-0.39, 0.29) is 0 Å². The molecule has 0 aliphatic heterocycles. The van der Waals surface area contributed by atoms with Crippen molar-refractivity contribution < 1.29 is 9.47 Å². The predicted molar refractivity (Wildman–Crippen MR) is 83.1 cm³/mol. The highest BCUT2D eigenvalue weighted by molar-refractivity contribution is 5.46. The summed E-state index contributed by atoms with van der Waals surface area (Å²) >= 11 is 0. The first kappa shape index (κ1) is 16.4. The average Bonchev–Trinajstić information content (AvgIpc) is 2.44. The normalized spacial score (nSPS) is 10.3. The van der Waals surface area contributed by atoms with Gasteiger partial charge < -0.3 is 14.8 Å². The molecule has 3 nitrogen and oxygen atoms in total. The fraction of sp³-hybridized carbons (Fsp3) is 0.529. The highest BCUT2D eigenvalue weighted by Crippen LogP contribution is 2.31. The van der Waals surface area contributed by atoms with Gasteiger partial charge in [-0.25, -0.2) is 0 Å². The van der Waals surface area contributed by atoms with Gasteiger partial charge >= 0.3 is 0 Å². The van der Waals surface area contributed by atoms with E-state index in [1.807, 2.05) is 12.1 Å². The second kappa shape index (κ2) is 9.28. The molecule has 1 N–H and O–H groups in total. The number of rotatable bonds is 9. The SMILES string of the molecule is C#CCCCOc1c(CNCC(C)C)cccc1OC. The molecule has 1 aromatic rings. The molecule has 1 rings (SSSR count). The van der Waals surface area contributed by atoms with Crippen LogP contribution >= 0.6 is 0 Å². The van der Waals surface area contributed by atoms with Crippen molar-refractivity contribution in [3.63, 3.8) is 0 Å². The number of para-hydroxylation sites is 1. The summed E-state index contributed by atoms with van der Waals surface area (Å²) in [4.78, 5) is 0. The van der Waals surface area contributed by atoms with Crippen LogP contribution < -0.4 is 14.8 Å². The molecule has 0 saturated carbocycles. The second-order valence-electron chi connectivity index (χ2n) is 5.13. The Morgan fingerprint density at radius 1 is 1.35 bits per heavy atom. The van der Waals surface area contributed by atoms with E-state index in [1.165, 1.54) is 0 Å². The van der Waals surface area contributed by atoms with E-state index < -0.39 is 0 Å². The van der Waals surface area contributed by atoms with E-state index in [0.29, 0.717) is 12.5 Å². The maximum absolute atomic E-state index is 5.86. The van der Waals surface area contributed by atoms with Gasteiger partial charge in [0.25, 0.3) is 0 Å². The Morgan fingerprint density at radius 2 is 2.15 bits per heavy atom. The van der Waals surface area contributed by atoms with Crippen LogP contribution in [0.4, 0.5) is 0 Å². The lowest BCUT2D eigenvalue weighted by molar-refractivity contribution is 0.287. The van der Waals surface area contributed by atoms with Crippen LogP contribution in [0, 0.1) is 18.3 Å². The van der Waals surface area contributed by atoms with Crippen LogP contribution in [0.2, 0.25) is 0 Å². The van der Waals surface area contributed by atoms with E-state index in [2.05, 4.69) is 31.2 Å². The lowest BCUT2D eigenvalue weighted by Crippen LogP contribution is -2.19. The summed E-state index contributed by atoms with van der Waals surface area (Å²) in [5.74, 6) is 4.84. The Bertz CT molecular complexity index is 435. The minimum atomic E-state index is 0.613. The van der Waals surface area contributed by atoms with Gasteiger partial charge in [0, 0.05) is 18.5 Å². The first-order chi connectivity index (χ1) is 9.69. The summed E-state index contributed by atoms with van der Waals surface area (Å²) in [6.07, 6.45) is 6.83. The summed E-state index contributed by atoms with van der Waals surface area (Å²) in [7, 11) is 1.66. The molecule has 3 heteroatoms. The molecule has 0 radical (unpaired) electrons. The van der Waals surface area contributed by atoms with E-state index in [9.17, 15) is 0 Å². The fourth-order valence-corrected chi connectivity index (χ4v) is 1.87. The van der Waals surface area contributed by atoms with Gasteiger partial charge in [0.05, 0.1) is 13.7 Å². The van der Waals surface area contributed by atoms with Crippen LogP contribution in [0.25, 0.3) is 0 Å². The molecule has 0 atom stereocenters. The Morgan fingerprint density at radius 3 is 2.80 bits per heavy atom. The summed E-state index contributed by atoms with van der Waals surface area (Å²) in [6, 6.07) is 5.97. The second-order valence-corrected chi connectivity index (χ2v) is 5.13. The number of hydrogen-bond donors (Lipinski definition) is 1. The van der Waals surface area contributed by atoms with Crippen molar-refractivity contribution in [2.45, 2.75) is 33.2 Å². The van der Waals surface area contributed by atoms with Crippen LogP contribution in [-0.2, 0) is 6.54 Å². The quantitative estimate of drug-likeness (QED) is 0.554. The van der Waals surface area contributed by atoms with Gasteiger partial charge in [-0.1, -0.05) is 26.0 Å². The van der Waals surface area contributed by atoms with Crippen molar-refractivity contribution >= 4 is 0 Å². The number of methoxy groups -OCH3 is 1. The van der Waals surface area contributed by atoms with Crippen LogP contribution in [0.15, 0.2) is 18.2 Å². The number of unbranched alkanes of at least 4 members (excludes halogenated alkanes) is 1. The Kier molecular flexibility index (Phi) is 7.60. The standard InChI is InChI=1S/C17H25NO2/c1-5-6-7-11-20-17-15(13-18-12-14(2)3)9-8-10-16(17)19-4/h1,8-10,14,18H,6-7,11-13H2,2-4H3. The molecule has 0 fully saturated rings. The van der Waals surface area contributed by atoms with Crippen molar-refractivity contribution in [3.05, 3.63) is 23.8 Å². The topological polar surface area (TPSA) is 30.5 Å². The van der Waals surface area contributed by atoms with E-state index in [1.54, 1.807) is 7.11 Å². The third-order valence-corrected chi connectivity index (χ3v) is 2.86. The monoisotopic (exact) mass is 275 g/mol. The van der Waals surface area contributed by atoms with Gasteiger partial charge in [-0.2, -0.15) is 0 Å². The summed E-state index contributed by atoms with van der Waals surface area (Å²) in [5, 5.41) is 3.43. The maximum atomic E-state index is 5.86. The molecule has 0 aromatic heterocycles. The molecule has 0 heterocycles. The van der Waals surface area contributed by atoms with Gasteiger partial charge in [-0.15, -0.1) is 12.3 Å². The predicted octanol–water partition coefficient (Wildman–Crippen LogP) is 3.23. The van der Waals surface area contributed by atoms with Gasteiger partial charge in [0.2, 0.25) is 0 Å². The molecular formula is C17H25NO2. The molecule has 0 aliphatic rings. The Hall–Kier alpha value is -1.66. The Labute approximate surface area is 122 Å². The molecule has 0 bridgehead atoms. The van der Waals surface area contributed by atoms with Crippen molar-refractivity contribution in [2.24, 2.45) is 5.92 Å². The van der Waals surface area contributed by atoms with Crippen molar-refractivity contribution in [1.82, 2.24) is 5.32 Å². The number of nitrogens with one attached hydrogen (secondary N) is 1. The molecular weight excluding hydrogens is 250 g/mol. The Balaban J connectivity index is 2.68. The van der Waals surface area contributed by atoms with Crippen molar-refractivity contribution in [2.75, 3.05) is 20.3 Å². The van der Waals surface area contributed by atoms with Gasteiger partial charge in [0.15, 0.2) is 11.5 Å². The minimum Gasteiger partial charge on any atom is -0.493 e. The molecule has 110 valence electrons. The summed E-state index contributed by atoms with van der Waals surface area (Å²) < 4.78 is 11.2. The molecule has 0 saturated heterocycles. The van der Waals surface area contributed by atoms with Crippen LogP contribution in [0.5, 0.6) is 11.5 Å². The third-order valence-electron chi connectivity index (χ3n) is 2.86. The van der Waals surface area contributed by atoms with Crippen LogP contribution in [0.1, 0.15) is 32.3 Å². The molecule has 0 aliphatic carbocycles. The molecule has 0 spiro atoms. The van der Waals surface area contributed by atoms with E-state index in [0.717, 1.165) is 43.0 Å². The average molecular weight is 275 g/mol. The number of hydrogen-bond acceptors (Lipinski definition) is 3. The zero-order valence-electron chi connectivity index (χ0n) is 12.7. The first-order valence-electron chi connectivity index (χ1n) is 7.12. The largest absolute Gasteiger partial charge is 0.493 e. The van der Waals surface area contributed by atoms with Gasteiger partial charge in [0.1, 0.15) is 0 Å². The number of terminal acetylenes is 1. The summed E-state index contributed by atoms with van der Waals surface area (Å²) in [6.45, 7) is 6.75. The molecule has 1 aromatic carbocycles. The smallest absolute Gasteiger partial charge is 0.165 e. The fourth-order valence-electron chi connectivity index (χ4n) is 1.87. The van der Waals surface area contributed by atoms with Crippen LogP contribution in [0.3, 0.4) is 0 Å². The van der Waals surface area contributed by atoms with Crippen LogP contribution in [-0.4, -0.2) is 20.3 Å². The van der Waals surface area contributed by atoms with Gasteiger partial charge in [-0.05, 0) is 24.9 Å². The highest BCUT2D eigenvalue weighted by atomic mass is 16.5. The maximum Gasteiger partial charge on any atom is 0.165 e. The van der Waals surface area contributed by atoms with E-state index in [4.69, 9.17) is 15.9 Å². The lowest BCUT2D eigenvalue weighted by atomic mass is 10.1. The number of benzene rings is 1. The minimum absolute atomic E-state index is 0.613. The first-order valence-corrected chi connectivity index (χ1v) is 7.12. The molecule has 20 heavy (non-hydrogen) atoms. The lowest BCUT2D eigenvalue weighted by Gasteiger charge is -2.16. The zero-order chi connectivity index (χ0) is 14.8. The van der Waals surface area contributed by atoms with Crippen molar-refractivity contribution in [3.8, 4) is 23.8 Å². The van der Waals surface area contributed by atoms with Crippen molar-refractivity contribution in [1.29, 1.82) is 0 Å². The summed E-state index contributed by atoms with van der Waals surface area (Å²) in [5.41, 5.74) is 1.12. The third kappa shape index (κ3) is 5.54. The highest BCUT2D eigenvalue weighted by Gasteiger charge is 2.10. The molecule has 0 unspecified atom stereocenters.